The van der Waals surface area contributed by atoms with Gasteiger partial charge in [-0.1, -0.05) is 42.5 Å². The molecule has 0 saturated heterocycles. The molecule has 6 heteroatoms. The van der Waals surface area contributed by atoms with Crippen LogP contribution in [0, 0.1) is 17.2 Å². The fourth-order valence-electron chi connectivity index (χ4n) is 3.18. The molecule has 0 bridgehead atoms. The van der Waals surface area contributed by atoms with Crippen LogP contribution in [0.2, 0.25) is 0 Å². The summed E-state index contributed by atoms with van der Waals surface area (Å²) in [6, 6.07) is 18.2. The number of nitriles is 1. The third kappa shape index (κ3) is 7.25. The molecule has 0 aliphatic carbocycles. The van der Waals surface area contributed by atoms with Gasteiger partial charge in [-0.15, -0.1) is 0 Å². The molecule has 0 heterocycles. The monoisotopic (exact) mass is 408 g/mol. The Labute approximate surface area is 177 Å². The Hall–Kier alpha value is -3.33. The number of hydrogen-bond donors (Lipinski definition) is 1. The van der Waals surface area contributed by atoms with Crippen LogP contribution in [0.3, 0.4) is 0 Å². The molecule has 0 fully saturated rings. The molecule has 1 N–H and O–H groups in total. The van der Waals surface area contributed by atoms with Gasteiger partial charge in [-0.05, 0) is 56.9 Å². The quantitative estimate of drug-likeness (QED) is 0.699. The molecule has 0 radical (unpaired) electrons. The van der Waals surface area contributed by atoms with E-state index in [-0.39, 0.29) is 0 Å². The Morgan fingerprint density at radius 3 is 2.30 bits per heavy atom. The minimum Gasteiger partial charge on any atom is -0.469 e. The van der Waals surface area contributed by atoms with Gasteiger partial charge < -0.3 is 14.8 Å². The first-order chi connectivity index (χ1) is 14.2. The first-order valence-electron chi connectivity index (χ1n) is 9.82. The number of carbonyl (C=O) groups is 2. The van der Waals surface area contributed by atoms with Crippen LogP contribution < -0.4 is 5.32 Å². The van der Waals surface area contributed by atoms with Gasteiger partial charge in [0.15, 0.2) is 0 Å². The molecule has 158 valence electrons. The van der Waals surface area contributed by atoms with Crippen LogP contribution >= 0.6 is 0 Å². The van der Waals surface area contributed by atoms with Gasteiger partial charge in [0.2, 0.25) is 0 Å². The van der Waals surface area contributed by atoms with Crippen molar-refractivity contribution in [3.63, 3.8) is 0 Å². The summed E-state index contributed by atoms with van der Waals surface area (Å²) in [5, 5.41) is 12.0. The highest BCUT2D eigenvalue weighted by atomic mass is 16.6. The molecule has 2 rings (SSSR count). The summed E-state index contributed by atoms with van der Waals surface area (Å²) in [6.45, 7) is 5.35. The predicted molar refractivity (Wildman–Crippen MR) is 114 cm³/mol. The third-order valence-corrected chi connectivity index (χ3v) is 4.50. The molecular formula is C24H28N2O4. The second-order valence-electron chi connectivity index (χ2n) is 8.09. The summed E-state index contributed by atoms with van der Waals surface area (Å²) in [6.07, 6.45) is 0.149. The Bertz CT molecular complexity index is 897. The van der Waals surface area contributed by atoms with Gasteiger partial charge in [-0.3, -0.25) is 4.79 Å². The van der Waals surface area contributed by atoms with Gasteiger partial charge in [0.1, 0.15) is 5.60 Å². The highest BCUT2D eigenvalue weighted by molar-refractivity contribution is 5.75. The van der Waals surface area contributed by atoms with Gasteiger partial charge in [-0.2, -0.15) is 5.26 Å². The van der Waals surface area contributed by atoms with E-state index < -0.39 is 29.6 Å². The average molecular weight is 408 g/mol. The summed E-state index contributed by atoms with van der Waals surface area (Å²) in [5.41, 5.74) is 1.63. The summed E-state index contributed by atoms with van der Waals surface area (Å²) in [4.78, 5) is 25.2. The lowest BCUT2D eigenvalue weighted by Crippen LogP contribution is -2.47. The zero-order valence-electron chi connectivity index (χ0n) is 17.8. The fraction of sp³-hybridized carbons (Fsp3) is 0.375. The normalized spacial score (nSPS) is 12.9. The molecule has 0 saturated carbocycles. The minimum atomic E-state index is -0.663. The molecule has 0 aliphatic heterocycles. The Morgan fingerprint density at radius 2 is 1.70 bits per heavy atom. The molecule has 2 aromatic carbocycles. The molecule has 2 atom stereocenters. The van der Waals surface area contributed by atoms with Crippen molar-refractivity contribution in [1.82, 2.24) is 5.32 Å². The van der Waals surface area contributed by atoms with Crippen LogP contribution in [-0.4, -0.2) is 30.8 Å². The summed E-state index contributed by atoms with van der Waals surface area (Å²) >= 11 is 0. The molecule has 1 amide bonds. The summed E-state index contributed by atoms with van der Waals surface area (Å²) < 4.78 is 10.5. The van der Waals surface area contributed by atoms with Crippen LogP contribution in [-0.2, 0) is 27.1 Å². The Kier molecular flexibility index (Phi) is 7.99. The van der Waals surface area contributed by atoms with Gasteiger partial charge >= 0.3 is 12.1 Å². The van der Waals surface area contributed by atoms with E-state index in [1.807, 2.05) is 36.4 Å². The number of carbonyl (C=O) groups excluding carboxylic acids is 2. The van der Waals surface area contributed by atoms with Gasteiger partial charge in [0.05, 0.1) is 24.7 Å². The third-order valence-electron chi connectivity index (χ3n) is 4.50. The second kappa shape index (κ2) is 10.4. The van der Waals surface area contributed by atoms with Crippen molar-refractivity contribution in [2.75, 3.05) is 7.11 Å². The van der Waals surface area contributed by atoms with E-state index in [2.05, 4.69) is 11.4 Å². The van der Waals surface area contributed by atoms with Crippen LogP contribution in [0.15, 0.2) is 54.6 Å². The first-order valence-corrected chi connectivity index (χ1v) is 9.82. The number of alkyl carbamates (subject to hydrolysis) is 1. The number of amides is 1. The van der Waals surface area contributed by atoms with Crippen LogP contribution in [0.25, 0.3) is 0 Å². The minimum absolute atomic E-state index is 0.315. The number of nitrogens with one attached hydrogen (secondary N) is 1. The van der Waals surface area contributed by atoms with E-state index in [9.17, 15) is 9.59 Å². The lowest BCUT2D eigenvalue weighted by Gasteiger charge is -2.28. The van der Waals surface area contributed by atoms with E-state index in [0.717, 1.165) is 11.1 Å². The zero-order valence-corrected chi connectivity index (χ0v) is 17.8. The first kappa shape index (κ1) is 23.0. The molecular weight excluding hydrogens is 380 g/mol. The highest BCUT2D eigenvalue weighted by Crippen LogP contribution is 2.20. The molecule has 2 unspecified atom stereocenters. The van der Waals surface area contributed by atoms with Crippen molar-refractivity contribution in [3.8, 4) is 6.07 Å². The number of ether oxygens (including phenoxy) is 2. The van der Waals surface area contributed by atoms with Crippen LogP contribution in [0.5, 0.6) is 0 Å². The van der Waals surface area contributed by atoms with Gasteiger partial charge in [0.25, 0.3) is 0 Å². The zero-order chi connectivity index (χ0) is 22.1. The van der Waals surface area contributed by atoms with E-state index >= 15 is 0 Å². The molecule has 0 aromatic heterocycles. The van der Waals surface area contributed by atoms with Crippen LogP contribution in [0.4, 0.5) is 4.79 Å². The van der Waals surface area contributed by atoms with Crippen molar-refractivity contribution in [1.29, 1.82) is 5.26 Å². The number of hydrogen-bond acceptors (Lipinski definition) is 5. The van der Waals surface area contributed by atoms with Crippen molar-refractivity contribution in [2.45, 2.75) is 45.3 Å². The highest BCUT2D eigenvalue weighted by Gasteiger charge is 2.32. The van der Waals surface area contributed by atoms with E-state index in [4.69, 9.17) is 14.7 Å². The van der Waals surface area contributed by atoms with E-state index in [1.54, 1.807) is 39.0 Å². The number of benzene rings is 2. The Balaban J connectivity index is 2.33. The SMILES string of the molecule is COC(=O)C(Cc1cccc(C#N)c1)C(Cc1ccccc1)NC(=O)OC(C)(C)C. The maximum absolute atomic E-state index is 12.7. The molecule has 0 spiro atoms. The number of nitrogens with zero attached hydrogens (tertiary/aromatic N) is 1. The molecule has 6 nitrogen and oxygen atoms in total. The van der Waals surface area contributed by atoms with Crippen LogP contribution in [0.1, 0.15) is 37.5 Å². The standard InChI is InChI=1S/C24H28N2O4/c1-24(2,3)30-23(28)26-21(15-17-9-6-5-7-10-17)20(22(27)29-4)14-18-11-8-12-19(13-18)16-25/h5-13,20-21H,14-15H2,1-4H3,(H,26,28). The second-order valence-corrected chi connectivity index (χ2v) is 8.09. The van der Waals surface area contributed by atoms with Crippen molar-refractivity contribution >= 4 is 12.1 Å². The lowest BCUT2D eigenvalue weighted by atomic mass is 9.88. The van der Waals surface area contributed by atoms with Crippen molar-refractivity contribution in [3.05, 3.63) is 71.3 Å². The average Bonchev–Trinajstić information content (AvgIpc) is 2.70. The number of rotatable bonds is 7. The van der Waals surface area contributed by atoms with E-state index in [0.29, 0.717) is 18.4 Å². The predicted octanol–water partition coefficient (Wildman–Crippen LogP) is 4.03. The fourth-order valence-corrected chi connectivity index (χ4v) is 3.18. The van der Waals surface area contributed by atoms with E-state index in [1.165, 1.54) is 7.11 Å². The maximum Gasteiger partial charge on any atom is 0.407 e. The smallest absolute Gasteiger partial charge is 0.407 e. The maximum atomic E-state index is 12.7. The molecule has 2 aromatic rings. The molecule has 0 aliphatic rings. The lowest BCUT2D eigenvalue weighted by molar-refractivity contribution is -0.146. The topological polar surface area (TPSA) is 88.4 Å². The number of esters is 1. The van der Waals surface area contributed by atoms with Gasteiger partial charge in [-0.25, -0.2) is 4.79 Å². The number of methoxy groups -OCH3 is 1. The largest absolute Gasteiger partial charge is 0.469 e. The van der Waals surface area contributed by atoms with Crippen molar-refractivity contribution < 1.29 is 19.1 Å². The Morgan fingerprint density at radius 1 is 1.03 bits per heavy atom. The van der Waals surface area contributed by atoms with Crippen molar-refractivity contribution in [2.24, 2.45) is 5.92 Å². The summed E-state index contributed by atoms with van der Waals surface area (Å²) in [7, 11) is 1.33. The van der Waals surface area contributed by atoms with Gasteiger partial charge in [0, 0.05) is 6.04 Å². The summed E-state index contributed by atoms with van der Waals surface area (Å²) in [5.74, 6) is -1.09. The molecule has 30 heavy (non-hydrogen) atoms.